The van der Waals surface area contributed by atoms with Gasteiger partial charge in [-0.15, -0.1) is 0 Å². The summed E-state index contributed by atoms with van der Waals surface area (Å²) < 4.78 is 5.20. The van der Waals surface area contributed by atoms with Gasteiger partial charge in [-0.25, -0.2) is 9.78 Å². The summed E-state index contributed by atoms with van der Waals surface area (Å²) in [6, 6.07) is 16.4. The molecule has 0 bridgehead atoms. The topological polar surface area (TPSA) is 165 Å². The Morgan fingerprint density at radius 3 is 2.31 bits per heavy atom. The number of hydrogen-bond donors (Lipinski definition) is 4. The van der Waals surface area contributed by atoms with E-state index in [1.54, 1.807) is 35.4 Å². The molecule has 1 aromatic heterocycles. The molecule has 0 aliphatic heterocycles. The molecule has 0 aliphatic rings. The first-order chi connectivity index (χ1) is 20.0. The smallest absolute Gasteiger partial charge is 0.339 e. The second-order valence-corrected chi connectivity index (χ2v) is 10.3. The summed E-state index contributed by atoms with van der Waals surface area (Å²) in [5.74, 6) is -1.23. The number of methoxy groups -OCH3 is 1. The standard InChI is InChI=1S/C32H35N5O5/c1-18-12-23(29(34)38)13-19(2)24(18)15-26(33)31(39)37(17-21-10-11-28(42-4)25(14-21)32(40)41)20(3)30-35-16-27(36-30)22-8-6-5-7-9-22/h5-14,16,20,26H,15,17,33H2,1-4H3,(H2,34,38)(H,35,36)(H,40,41)/t20-,26-/m1/s1. The van der Waals surface area contributed by atoms with E-state index in [1.807, 2.05) is 51.1 Å². The van der Waals surface area contributed by atoms with Gasteiger partial charge in [0, 0.05) is 23.9 Å². The first-order valence-corrected chi connectivity index (χ1v) is 13.5. The lowest BCUT2D eigenvalue weighted by Crippen LogP contribution is -2.46. The molecule has 218 valence electrons. The number of carboxylic acid groups (broad SMARTS) is 1. The molecule has 10 heteroatoms. The number of nitrogens with one attached hydrogen (secondary N) is 1. The van der Waals surface area contributed by atoms with E-state index in [4.69, 9.17) is 21.2 Å². The molecule has 6 N–H and O–H groups in total. The molecule has 4 aromatic rings. The molecule has 0 saturated heterocycles. The van der Waals surface area contributed by atoms with Gasteiger partial charge in [0.1, 0.15) is 17.1 Å². The van der Waals surface area contributed by atoms with Gasteiger partial charge in [-0.05, 0) is 73.7 Å². The third-order valence-electron chi connectivity index (χ3n) is 7.38. The first kappa shape index (κ1) is 30.0. The van der Waals surface area contributed by atoms with Crippen LogP contribution in [0, 0.1) is 13.8 Å². The van der Waals surface area contributed by atoms with Crippen LogP contribution in [0.3, 0.4) is 0 Å². The van der Waals surface area contributed by atoms with Gasteiger partial charge in [0.2, 0.25) is 11.8 Å². The number of hydrogen-bond acceptors (Lipinski definition) is 6. The summed E-state index contributed by atoms with van der Waals surface area (Å²) in [6.45, 7) is 5.63. The highest BCUT2D eigenvalue weighted by atomic mass is 16.5. The van der Waals surface area contributed by atoms with Crippen LogP contribution < -0.4 is 16.2 Å². The molecular weight excluding hydrogens is 534 g/mol. The number of carboxylic acids is 1. The fourth-order valence-corrected chi connectivity index (χ4v) is 5.06. The van der Waals surface area contributed by atoms with Crippen LogP contribution in [0.2, 0.25) is 0 Å². The van der Waals surface area contributed by atoms with Crippen molar-refractivity contribution in [3.8, 4) is 17.0 Å². The van der Waals surface area contributed by atoms with Gasteiger partial charge in [-0.1, -0.05) is 36.4 Å². The second kappa shape index (κ2) is 12.7. The van der Waals surface area contributed by atoms with Crippen molar-refractivity contribution in [2.45, 2.75) is 45.8 Å². The fraction of sp³-hybridized carbons (Fsp3) is 0.250. The minimum atomic E-state index is -1.14. The molecule has 42 heavy (non-hydrogen) atoms. The third kappa shape index (κ3) is 6.50. The number of aryl methyl sites for hydroxylation is 2. The number of aromatic amines is 1. The maximum atomic E-state index is 14.0. The number of amides is 2. The van der Waals surface area contributed by atoms with Gasteiger partial charge in [-0.3, -0.25) is 9.59 Å². The van der Waals surface area contributed by atoms with E-state index < -0.39 is 24.0 Å². The minimum absolute atomic E-state index is 0.00972. The molecule has 0 radical (unpaired) electrons. The number of ether oxygens (including phenoxy) is 1. The maximum absolute atomic E-state index is 14.0. The van der Waals surface area contributed by atoms with E-state index in [-0.39, 0.29) is 30.2 Å². The molecule has 2 atom stereocenters. The number of aromatic nitrogens is 2. The number of carbonyl (C=O) groups excluding carboxylic acids is 2. The lowest BCUT2D eigenvalue weighted by molar-refractivity contribution is -0.135. The van der Waals surface area contributed by atoms with Crippen LogP contribution in [0.15, 0.2) is 66.9 Å². The monoisotopic (exact) mass is 569 g/mol. The Kier molecular flexibility index (Phi) is 9.07. The second-order valence-electron chi connectivity index (χ2n) is 10.3. The van der Waals surface area contributed by atoms with E-state index in [0.29, 0.717) is 17.0 Å². The zero-order valence-electron chi connectivity index (χ0n) is 24.0. The summed E-state index contributed by atoms with van der Waals surface area (Å²) in [5.41, 5.74) is 17.1. The van der Waals surface area contributed by atoms with Crippen LogP contribution in [0.4, 0.5) is 0 Å². The van der Waals surface area contributed by atoms with Gasteiger partial charge in [0.05, 0.1) is 24.9 Å². The van der Waals surface area contributed by atoms with Crippen molar-refractivity contribution in [3.63, 3.8) is 0 Å². The van der Waals surface area contributed by atoms with Crippen LogP contribution in [0.5, 0.6) is 5.75 Å². The average Bonchev–Trinajstić information content (AvgIpc) is 3.47. The predicted molar refractivity (Wildman–Crippen MR) is 159 cm³/mol. The third-order valence-corrected chi connectivity index (χ3v) is 7.38. The Hall–Kier alpha value is -4.96. The molecule has 2 amide bonds. The molecule has 0 spiro atoms. The number of imidazole rings is 1. The van der Waals surface area contributed by atoms with Gasteiger partial charge in [0.25, 0.3) is 0 Å². The molecule has 0 aliphatic carbocycles. The lowest BCUT2D eigenvalue weighted by atomic mass is 9.93. The molecule has 3 aromatic carbocycles. The highest BCUT2D eigenvalue weighted by molar-refractivity contribution is 5.93. The maximum Gasteiger partial charge on any atom is 0.339 e. The molecular formula is C32H35N5O5. The van der Waals surface area contributed by atoms with Crippen LogP contribution in [0.1, 0.15) is 61.8 Å². The van der Waals surface area contributed by atoms with Crippen molar-refractivity contribution >= 4 is 17.8 Å². The van der Waals surface area contributed by atoms with Crippen molar-refractivity contribution in [3.05, 3.63) is 106 Å². The number of rotatable bonds is 11. The summed E-state index contributed by atoms with van der Waals surface area (Å²) in [6.07, 6.45) is 2.02. The van der Waals surface area contributed by atoms with Crippen molar-refractivity contribution in [2.24, 2.45) is 11.5 Å². The Balaban J connectivity index is 1.68. The average molecular weight is 570 g/mol. The number of nitrogens with two attached hydrogens (primary N) is 2. The van der Waals surface area contributed by atoms with Gasteiger partial charge >= 0.3 is 5.97 Å². The molecule has 0 saturated carbocycles. The Bertz CT molecular complexity index is 1590. The first-order valence-electron chi connectivity index (χ1n) is 13.5. The van der Waals surface area contributed by atoms with Crippen LogP contribution in [-0.2, 0) is 17.8 Å². The van der Waals surface area contributed by atoms with E-state index in [2.05, 4.69) is 4.98 Å². The van der Waals surface area contributed by atoms with Crippen LogP contribution in [-0.4, -0.2) is 50.9 Å². The fourth-order valence-electron chi connectivity index (χ4n) is 5.06. The van der Waals surface area contributed by atoms with Gasteiger partial charge in [0.15, 0.2) is 0 Å². The number of H-pyrrole nitrogens is 1. The highest BCUT2D eigenvalue weighted by Gasteiger charge is 2.29. The van der Waals surface area contributed by atoms with Crippen molar-refractivity contribution in [1.82, 2.24) is 14.9 Å². The van der Waals surface area contributed by atoms with Crippen molar-refractivity contribution in [2.75, 3.05) is 7.11 Å². The van der Waals surface area contributed by atoms with Crippen molar-refractivity contribution in [1.29, 1.82) is 0 Å². The Morgan fingerprint density at radius 1 is 1.05 bits per heavy atom. The zero-order valence-corrected chi connectivity index (χ0v) is 24.0. The van der Waals surface area contributed by atoms with Crippen molar-refractivity contribution < 1.29 is 24.2 Å². The molecule has 10 nitrogen and oxygen atoms in total. The highest BCUT2D eigenvalue weighted by Crippen LogP contribution is 2.28. The number of benzene rings is 3. The van der Waals surface area contributed by atoms with Crippen LogP contribution in [0.25, 0.3) is 11.3 Å². The number of carbonyl (C=O) groups is 3. The summed E-state index contributed by atoms with van der Waals surface area (Å²) >= 11 is 0. The number of nitrogens with zero attached hydrogens (tertiary/aromatic N) is 2. The molecule has 1 heterocycles. The minimum Gasteiger partial charge on any atom is -0.496 e. The number of primary amides is 1. The largest absolute Gasteiger partial charge is 0.496 e. The predicted octanol–water partition coefficient (Wildman–Crippen LogP) is 4.16. The van der Waals surface area contributed by atoms with Crippen LogP contribution >= 0.6 is 0 Å². The zero-order chi connectivity index (χ0) is 30.6. The molecule has 0 unspecified atom stereocenters. The summed E-state index contributed by atoms with van der Waals surface area (Å²) in [5, 5.41) is 9.70. The van der Waals surface area contributed by atoms with Gasteiger partial charge in [-0.2, -0.15) is 0 Å². The van der Waals surface area contributed by atoms with E-state index in [9.17, 15) is 19.5 Å². The van der Waals surface area contributed by atoms with Gasteiger partial charge < -0.3 is 31.2 Å². The normalized spacial score (nSPS) is 12.4. The Labute approximate surface area is 244 Å². The lowest BCUT2D eigenvalue weighted by Gasteiger charge is -2.31. The Morgan fingerprint density at radius 2 is 1.71 bits per heavy atom. The number of aromatic carboxylic acids is 1. The molecule has 0 fully saturated rings. The summed E-state index contributed by atoms with van der Waals surface area (Å²) in [7, 11) is 1.40. The summed E-state index contributed by atoms with van der Waals surface area (Å²) in [4.78, 5) is 47.1. The SMILES string of the molecule is COc1ccc(CN(C(=O)[C@H](N)Cc2c(C)cc(C(N)=O)cc2C)[C@H](C)c2nc(-c3ccccc3)c[nH]2)cc1C(=O)O. The quantitative estimate of drug-likeness (QED) is 0.211. The molecule has 4 rings (SSSR count). The van der Waals surface area contributed by atoms with E-state index in [0.717, 1.165) is 27.9 Å². The van der Waals surface area contributed by atoms with E-state index in [1.165, 1.54) is 13.2 Å². The van der Waals surface area contributed by atoms with E-state index >= 15 is 0 Å².